The fraction of sp³-hybridized carbons (Fsp3) is 0.720. The van der Waals surface area contributed by atoms with Crippen molar-refractivity contribution in [3.63, 3.8) is 0 Å². The quantitative estimate of drug-likeness (QED) is 0.272. The van der Waals surface area contributed by atoms with E-state index in [1.165, 1.54) is 51.4 Å². The van der Waals surface area contributed by atoms with Gasteiger partial charge >= 0.3 is 5.97 Å². The molecule has 0 bridgehead atoms. The summed E-state index contributed by atoms with van der Waals surface area (Å²) in [5.41, 5.74) is -0.669. The number of hydrogen-bond acceptors (Lipinski definition) is 2. The highest BCUT2D eigenvalue weighted by atomic mass is 16.4. The second kappa shape index (κ2) is 13.0. The minimum absolute atomic E-state index is 0.171. The topological polar surface area (TPSA) is 57.5 Å². The van der Waals surface area contributed by atoms with E-state index >= 15 is 0 Å². The lowest BCUT2D eigenvalue weighted by Gasteiger charge is -2.44. The first-order valence-electron chi connectivity index (χ1n) is 11.5. The van der Waals surface area contributed by atoms with Crippen molar-refractivity contribution < 1.29 is 19.5 Å². The van der Waals surface area contributed by atoms with Crippen molar-refractivity contribution in [1.82, 2.24) is 0 Å². The molecule has 0 saturated heterocycles. The Bertz CT molecular complexity index is 567. The molecule has 2 atom stereocenters. The average molecular weight is 407 g/mol. The normalized spacial score (nSPS) is 15.1. The van der Waals surface area contributed by atoms with Gasteiger partial charge in [-0.2, -0.15) is 0 Å². The van der Waals surface area contributed by atoms with Gasteiger partial charge in [0.15, 0.2) is 5.60 Å². The third-order valence-corrected chi connectivity index (χ3v) is 6.01. The van der Waals surface area contributed by atoms with E-state index in [1.54, 1.807) is 0 Å². The summed E-state index contributed by atoms with van der Waals surface area (Å²) in [7, 11) is 6.16. The van der Waals surface area contributed by atoms with E-state index < -0.39 is 11.6 Å². The summed E-state index contributed by atoms with van der Waals surface area (Å²) in [6.45, 7) is 2.25. The summed E-state index contributed by atoms with van der Waals surface area (Å²) >= 11 is 0. The Morgan fingerprint density at radius 1 is 0.897 bits per heavy atom. The van der Waals surface area contributed by atoms with E-state index in [-0.39, 0.29) is 12.5 Å². The number of carbonyl (C=O) groups is 1. The van der Waals surface area contributed by atoms with Crippen molar-refractivity contribution in [2.75, 3.05) is 21.1 Å². The first kappa shape index (κ1) is 25.6. The first-order valence-corrected chi connectivity index (χ1v) is 11.5. The standard InChI is InChI=1S/C25H43NO3/c1-5-6-7-8-9-10-11-12-13-17-20-23(26(2,3)4)25(29,21-24(27)28)22-18-15-14-16-19-22/h14-16,18-19,23,29H,5-13,17,20-21H2,1-4H3/p+1. The summed E-state index contributed by atoms with van der Waals surface area (Å²) < 4.78 is 0.538. The molecule has 4 nitrogen and oxygen atoms in total. The summed E-state index contributed by atoms with van der Waals surface area (Å²) in [5, 5.41) is 21.1. The monoisotopic (exact) mass is 406 g/mol. The van der Waals surface area contributed by atoms with Crippen LogP contribution in [0.1, 0.15) is 89.5 Å². The molecule has 0 aliphatic carbocycles. The number of benzene rings is 1. The van der Waals surface area contributed by atoms with Crippen LogP contribution in [0.4, 0.5) is 0 Å². The molecule has 0 aromatic heterocycles. The van der Waals surface area contributed by atoms with Gasteiger partial charge in [0.2, 0.25) is 0 Å². The number of rotatable bonds is 16. The number of unbranched alkanes of at least 4 members (excludes halogenated alkanes) is 9. The lowest BCUT2D eigenvalue weighted by molar-refractivity contribution is -0.905. The van der Waals surface area contributed by atoms with Crippen LogP contribution in [0.3, 0.4) is 0 Å². The van der Waals surface area contributed by atoms with Gasteiger partial charge < -0.3 is 14.7 Å². The lowest BCUT2D eigenvalue weighted by atomic mass is 9.79. The third-order valence-electron chi connectivity index (χ3n) is 6.01. The number of likely N-dealkylation sites (N-methyl/N-ethyl adjacent to an activating group) is 1. The molecule has 166 valence electrons. The van der Waals surface area contributed by atoms with Gasteiger partial charge in [0.25, 0.3) is 0 Å². The highest BCUT2D eigenvalue weighted by Crippen LogP contribution is 2.36. The summed E-state index contributed by atoms with van der Waals surface area (Å²) in [4.78, 5) is 11.6. The SMILES string of the molecule is CCCCCCCCCCCCC(C(O)(CC(=O)O)c1ccccc1)[N+](C)(C)C. The Hall–Kier alpha value is -1.39. The number of aliphatic hydroxyl groups is 1. The first-order chi connectivity index (χ1) is 13.7. The molecule has 0 aliphatic heterocycles. The molecular weight excluding hydrogens is 362 g/mol. The maximum absolute atomic E-state index is 11.6. The van der Waals surface area contributed by atoms with Gasteiger partial charge in [-0.3, -0.25) is 4.79 Å². The van der Waals surface area contributed by atoms with Crippen molar-refractivity contribution in [1.29, 1.82) is 0 Å². The van der Waals surface area contributed by atoms with E-state index in [9.17, 15) is 15.0 Å². The number of hydrogen-bond donors (Lipinski definition) is 2. The highest BCUT2D eigenvalue weighted by Gasteiger charge is 2.47. The van der Waals surface area contributed by atoms with E-state index in [0.29, 0.717) is 10.0 Å². The summed E-state index contributed by atoms with van der Waals surface area (Å²) in [6.07, 6.45) is 13.2. The van der Waals surface area contributed by atoms with Gasteiger partial charge in [0.05, 0.1) is 27.6 Å². The van der Waals surface area contributed by atoms with E-state index in [4.69, 9.17) is 0 Å². The average Bonchev–Trinajstić information content (AvgIpc) is 2.65. The molecular formula is C25H44NO3+. The molecule has 29 heavy (non-hydrogen) atoms. The predicted molar refractivity (Wildman–Crippen MR) is 121 cm³/mol. The Morgan fingerprint density at radius 2 is 1.38 bits per heavy atom. The van der Waals surface area contributed by atoms with Crippen molar-refractivity contribution in [3.8, 4) is 0 Å². The number of quaternary nitrogens is 1. The number of carboxylic acids is 1. The van der Waals surface area contributed by atoms with Crippen LogP contribution in [-0.4, -0.2) is 47.9 Å². The van der Waals surface area contributed by atoms with Crippen molar-refractivity contribution in [2.45, 2.75) is 95.6 Å². The lowest BCUT2D eigenvalue weighted by Crippen LogP contribution is -2.57. The molecule has 2 N–H and O–H groups in total. The predicted octanol–water partition coefficient (Wildman–Crippen LogP) is 5.73. The Labute approximate surface area is 178 Å². The summed E-state index contributed by atoms with van der Waals surface area (Å²) in [5.74, 6) is -0.960. The number of aliphatic carboxylic acids is 1. The molecule has 0 radical (unpaired) electrons. The van der Waals surface area contributed by atoms with Crippen LogP contribution < -0.4 is 0 Å². The van der Waals surface area contributed by atoms with E-state index in [0.717, 1.165) is 19.3 Å². The molecule has 0 saturated carbocycles. The second-order valence-electron chi connectivity index (χ2n) is 9.46. The van der Waals surface area contributed by atoms with Crippen molar-refractivity contribution >= 4 is 5.97 Å². The fourth-order valence-corrected chi connectivity index (χ4v) is 4.46. The highest BCUT2D eigenvalue weighted by molar-refractivity contribution is 5.68. The zero-order valence-corrected chi connectivity index (χ0v) is 19.2. The maximum Gasteiger partial charge on any atom is 0.306 e. The van der Waals surface area contributed by atoms with Crippen molar-refractivity contribution in [3.05, 3.63) is 35.9 Å². The molecule has 0 aliphatic rings. The van der Waals surface area contributed by atoms with Crippen LogP contribution in [0.5, 0.6) is 0 Å². The van der Waals surface area contributed by atoms with Gasteiger partial charge in [-0.1, -0.05) is 95.0 Å². The smallest absolute Gasteiger partial charge is 0.306 e. The molecule has 1 aromatic carbocycles. The van der Waals surface area contributed by atoms with Crippen LogP contribution in [0.25, 0.3) is 0 Å². The van der Waals surface area contributed by atoms with Gasteiger partial charge in [0.1, 0.15) is 6.04 Å². The minimum Gasteiger partial charge on any atom is -0.481 e. The van der Waals surface area contributed by atoms with Crippen LogP contribution in [0.2, 0.25) is 0 Å². The largest absolute Gasteiger partial charge is 0.481 e. The molecule has 0 spiro atoms. The van der Waals surface area contributed by atoms with Crippen molar-refractivity contribution in [2.24, 2.45) is 0 Å². The zero-order chi connectivity index (χ0) is 21.8. The molecule has 0 fully saturated rings. The minimum atomic E-state index is -1.37. The van der Waals surface area contributed by atoms with Gasteiger partial charge in [-0.15, -0.1) is 0 Å². The molecule has 4 heteroatoms. The molecule has 1 aromatic rings. The third kappa shape index (κ3) is 9.31. The van der Waals surface area contributed by atoms with Gasteiger partial charge in [0, 0.05) is 6.42 Å². The maximum atomic E-state index is 11.6. The fourth-order valence-electron chi connectivity index (χ4n) is 4.46. The number of nitrogens with zero attached hydrogens (tertiary/aromatic N) is 1. The van der Waals surface area contributed by atoms with Crippen LogP contribution >= 0.6 is 0 Å². The van der Waals surface area contributed by atoms with Crippen LogP contribution in [-0.2, 0) is 10.4 Å². The molecule has 2 unspecified atom stereocenters. The second-order valence-corrected chi connectivity index (χ2v) is 9.46. The van der Waals surface area contributed by atoms with E-state index in [1.807, 2.05) is 30.3 Å². The van der Waals surface area contributed by atoms with Gasteiger partial charge in [-0.25, -0.2) is 0 Å². The van der Waals surface area contributed by atoms with Crippen LogP contribution in [0, 0.1) is 0 Å². The summed E-state index contributed by atoms with van der Waals surface area (Å²) in [6, 6.07) is 9.17. The Morgan fingerprint density at radius 3 is 1.83 bits per heavy atom. The molecule has 0 amide bonds. The zero-order valence-electron chi connectivity index (χ0n) is 19.2. The van der Waals surface area contributed by atoms with Crippen LogP contribution in [0.15, 0.2) is 30.3 Å². The van der Waals surface area contributed by atoms with Gasteiger partial charge in [-0.05, 0) is 12.0 Å². The van der Waals surface area contributed by atoms with E-state index in [2.05, 4.69) is 28.1 Å². The Kier molecular flexibility index (Phi) is 11.5. The molecule has 0 heterocycles. The molecule has 1 rings (SSSR count). The Balaban J connectivity index is 2.63. The number of carboxylic acid groups (broad SMARTS) is 1.